The summed E-state index contributed by atoms with van der Waals surface area (Å²) < 4.78 is 5.96. The lowest BCUT2D eigenvalue weighted by Crippen LogP contribution is -2.33. The van der Waals surface area contributed by atoms with Crippen LogP contribution in [-0.4, -0.2) is 39.2 Å². The zero-order valence-electron chi connectivity index (χ0n) is 15.3. The number of fused-ring (bicyclic) bond motifs is 1. The van der Waals surface area contributed by atoms with E-state index in [0.717, 1.165) is 5.56 Å². The quantitative estimate of drug-likeness (QED) is 0.740. The van der Waals surface area contributed by atoms with E-state index >= 15 is 0 Å². The van der Waals surface area contributed by atoms with E-state index in [1.54, 1.807) is 32.9 Å². The fourth-order valence-electron chi connectivity index (χ4n) is 2.93. The van der Waals surface area contributed by atoms with Crippen LogP contribution < -0.4 is 4.90 Å². The molecule has 1 N–H and O–H groups in total. The number of carbonyl (C=O) groups excluding carboxylic acids is 1. The summed E-state index contributed by atoms with van der Waals surface area (Å²) in [6, 6.07) is 5.39. The van der Waals surface area contributed by atoms with Gasteiger partial charge in [0, 0.05) is 24.8 Å². The molecule has 0 saturated carbocycles. The molecule has 7 nitrogen and oxygen atoms in total. The van der Waals surface area contributed by atoms with Crippen LogP contribution in [0.4, 0.5) is 5.82 Å². The van der Waals surface area contributed by atoms with Crippen molar-refractivity contribution in [1.82, 2.24) is 9.97 Å². The van der Waals surface area contributed by atoms with Gasteiger partial charge in [0.2, 0.25) is 0 Å². The Morgan fingerprint density at radius 1 is 1.22 bits per heavy atom. The van der Waals surface area contributed by atoms with Crippen molar-refractivity contribution >= 4 is 33.7 Å². The number of aromatic carboxylic acids is 1. The molecule has 27 heavy (non-hydrogen) atoms. The molecule has 0 saturated heterocycles. The number of pyridine rings is 2. The minimum atomic E-state index is -1.05. The Bertz CT molecular complexity index is 908. The van der Waals surface area contributed by atoms with Gasteiger partial charge in [-0.05, 0) is 66.9 Å². The average molecular weight is 434 g/mol. The molecular formula is C19H20BrN3O4. The molecule has 3 heterocycles. The van der Waals surface area contributed by atoms with Crippen molar-refractivity contribution in [3.8, 4) is 0 Å². The Kier molecular flexibility index (Phi) is 5.19. The van der Waals surface area contributed by atoms with E-state index in [9.17, 15) is 14.7 Å². The van der Waals surface area contributed by atoms with E-state index in [4.69, 9.17) is 4.74 Å². The summed E-state index contributed by atoms with van der Waals surface area (Å²) in [5.41, 5.74) is 1.28. The van der Waals surface area contributed by atoms with Crippen LogP contribution in [0.15, 0.2) is 28.9 Å². The molecule has 2 aromatic heterocycles. The summed E-state index contributed by atoms with van der Waals surface area (Å²) in [5, 5.41) is 9.40. The van der Waals surface area contributed by atoms with Crippen LogP contribution in [0.5, 0.6) is 0 Å². The van der Waals surface area contributed by atoms with E-state index in [1.165, 1.54) is 6.20 Å². The largest absolute Gasteiger partial charge is 0.477 e. The van der Waals surface area contributed by atoms with Crippen molar-refractivity contribution in [3.05, 3.63) is 51.4 Å². The van der Waals surface area contributed by atoms with Gasteiger partial charge in [-0.3, -0.25) is 0 Å². The van der Waals surface area contributed by atoms with Crippen LogP contribution in [0.1, 0.15) is 52.9 Å². The minimum Gasteiger partial charge on any atom is -0.477 e. The molecule has 0 bridgehead atoms. The highest BCUT2D eigenvalue weighted by Gasteiger charge is 2.26. The highest BCUT2D eigenvalue weighted by molar-refractivity contribution is 9.10. The smallest absolute Gasteiger partial charge is 0.358 e. The Morgan fingerprint density at radius 2 is 1.96 bits per heavy atom. The summed E-state index contributed by atoms with van der Waals surface area (Å²) in [5.74, 6) is -0.974. The van der Waals surface area contributed by atoms with Crippen LogP contribution in [0.25, 0.3) is 0 Å². The first-order chi connectivity index (χ1) is 12.7. The van der Waals surface area contributed by atoms with Crippen molar-refractivity contribution in [2.45, 2.75) is 39.3 Å². The maximum atomic E-state index is 12.4. The Hall–Kier alpha value is -2.48. The van der Waals surface area contributed by atoms with Crippen LogP contribution in [0.3, 0.4) is 0 Å². The minimum absolute atomic E-state index is 0.0571. The summed E-state index contributed by atoms with van der Waals surface area (Å²) in [6.45, 7) is 6.42. The normalized spacial score (nSPS) is 13.9. The van der Waals surface area contributed by atoms with Gasteiger partial charge in [0.25, 0.3) is 0 Å². The van der Waals surface area contributed by atoms with Crippen molar-refractivity contribution in [2.75, 3.05) is 11.4 Å². The molecule has 0 spiro atoms. The topological polar surface area (TPSA) is 92.6 Å². The van der Waals surface area contributed by atoms with E-state index in [0.29, 0.717) is 35.4 Å². The van der Waals surface area contributed by atoms with Crippen molar-refractivity contribution < 1.29 is 19.4 Å². The lowest BCUT2D eigenvalue weighted by atomic mass is 9.99. The first kappa shape index (κ1) is 19.3. The van der Waals surface area contributed by atoms with Crippen molar-refractivity contribution in [3.63, 3.8) is 0 Å². The second-order valence-corrected chi connectivity index (χ2v) is 8.13. The molecule has 1 aliphatic heterocycles. The predicted molar refractivity (Wildman–Crippen MR) is 103 cm³/mol. The number of ether oxygens (including phenoxy) is 1. The number of nitrogens with zero attached hydrogens (tertiary/aromatic N) is 3. The van der Waals surface area contributed by atoms with E-state index in [-0.39, 0.29) is 11.4 Å². The Morgan fingerprint density at radius 3 is 2.63 bits per heavy atom. The highest BCUT2D eigenvalue weighted by atomic mass is 79.9. The van der Waals surface area contributed by atoms with E-state index in [2.05, 4.69) is 25.9 Å². The van der Waals surface area contributed by atoms with Crippen molar-refractivity contribution in [2.24, 2.45) is 0 Å². The van der Waals surface area contributed by atoms with Crippen LogP contribution in [-0.2, 0) is 17.7 Å². The van der Waals surface area contributed by atoms with E-state index in [1.807, 2.05) is 11.0 Å². The van der Waals surface area contributed by atoms with Gasteiger partial charge < -0.3 is 14.7 Å². The predicted octanol–water partition coefficient (Wildman–Crippen LogP) is 3.46. The summed E-state index contributed by atoms with van der Waals surface area (Å²) in [4.78, 5) is 34.3. The number of aromatic nitrogens is 2. The second-order valence-electron chi connectivity index (χ2n) is 7.28. The summed E-state index contributed by atoms with van der Waals surface area (Å²) in [6.07, 6.45) is 2.20. The number of hydrogen-bond acceptors (Lipinski definition) is 6. The van der Waals surface area contributed by atoms with E-state index < -0.39 is 17.5 Å². The third kappa shape index (κ3) is 4.27. The maximum absolute atomic E-state index is 12.4. The van der Waals surface area contributed by atoms with Gasteiger partial charge in [0.1, 0.15) is 11.4 Å². The molecule has 0 amide bonds. The molecule has 0 aromatic carbocycles. The van der Waals surface area contributed by atoms with Gasteiger partial charge in [-0.2, -0.15) is 0 Å². The first-order valence-corrected chi connectivity index (χ1v) is 9.30. The Labute approximate surface area is 165 Å². The number of anilines is 1. The third-order valence-corrected chi connectivity index (χ3v) is 4.74. The molecule has 8 heteroatoms. The van der Waals surface area contributed by atoms with Crippen LogP contribution in [0.2, 0.25) is 0 Å². The molecular weight excluding hydrogens is 414 g/mol. The summed E-state index contributed by atoms with van der Waals surface area (Å²) >= 11 is 3.35. The molecule has 0 fully saturated rings. The molecule has 0 atom stereocenters. The van der Waals surface area contributed by atoms with Gasteiger partial charge in [-0.15, -0.1) is 0 Å². The standard InChI is InChI=1S/C19H20BrN3O4/c1-19(2,3)27-18(26)16-13(20)4-5-14(22-16)23-9-7-11-6-8-21-15(17(24)25)12(11)10-23/h4-6,8H,7,9-10H2,1-3H3,(H,24,25). The number of carboxylic acid groups (broad SMARTS) is 1. The van der Waals surface area contributed by atoms with Gasteiger partial charge in [0.05, 0.1) is 4.47 Å². The monoisotopic (exact) mass is 433 g/mol. The van der Waals surface area contributed by atoms with Gasteiger partial charge in [-0.25, -0.2) is 19.6 Å². The molecule has 142 valence electrons. The molecule has 2 aromatic rings. The van der Waals surface area contributed by atoms with Crippen molar-refractivity contribution in [1.29, 1.82) is 0 Å². The molecule has 1 aliphatic rings. The average Bonchev–Trinajstić information content (AvgIpc) is 2.59. The van der Waals surface area contributed by atoms with Crippen LogP contribution >= 0.6 is 15.9 Å². The molecule has 3 rings (SSSR count). The number of carboxylic acids is 1. The lowest BCUT2D eigenvalue weighted by molar-refractivity contribution is 0.00616. The number of halogens is 1. The number of esters is 1. The van der Waals surface area contributed by atoms with Gasteiger partial charge in [0.15, 0.2) is 11.4 Å². The molecule has 0 radical (unpaired) electrons. The fraction of sp³-hybridized carbons (Fsp3) is 0.368. The number of hydrogen-bond donors (Lipinski definition) is 1. The fourth-order valence-corrected chi connectivity index (χ4v) is 3.31. The third-order valence-electron chi connectivity index (χ3n) is 4.10. The zero-order chi connectivity index (χ0) is 19.8. The second kappa shape index (κ2) is 7.26. The van der Waals surface area contributed by atoms with Gasteiger partial charge >= 0.3 is 11.9 Å². The van der Waals surface area contributed by atoms with Crippen LogP contribution in [0, 0.1) is 0 Å². The highest BCUT2D eigenvalue weighted by Crippen LogP contribution is 2.27. The van der Waals surface area contributed by atoms with Gasteiger partial charge in [-0.1, -0.05) is 0 Å². The number of rotatable bonds is 3. The molecule has 0 unspecified atom stereocenters. The Balaban J connectivity index is 1.91. The number of carbonyl (C=O) groups is 2. The molecule has 0 aliphatic carbocycles. The maximum Gasteiger partial charge on any atom is 0.358 e. The summed E-state index contributed by atoms with van der Waals surface area (Å²) in [7, 11) is 0. The SMILES string of the molecule is CC(C)(C)OC(=O)c1nc(N2CCc3ccnc(C(=O)O)c3C2)ccc1Br. The lowest BCUT2D eigenvalue weighted by Gasteiger charge is -2.30. The zero-order valence-corrected chi connectivity index (χ0v) is 16.9. The first-order valence-electron chi connectivity index (χ1n) is 8.50.